The number of carbonyl (C=O) groups excluding carboxylic acids is 1. The van der Waals surface area contributed by atoms with Crippen molar-refractivity contribution in [1.29, 1.82) is 0 Å². The Morgan fingerprint density at radius 2 is 1.76 bits per heavy atom. The van der Waals surface area contributed by atoms with Crippen LogP contribution in [0.15, 0.2) is 71.8 Å². The molecule has 0 atom stereocenters. The highest BCUT2D eigenvalue weighted by Crippen LogP contribution is 2.30. The Kier molecular flexibility index (Phi) is 7.69. The highest BCUT2D eigenvalue weighted by Gasteiger charge is 2.13. The summed E-state index contributed by atoms with van der Waals surface area (Å²) in [6.07, 6.45) is 1.45. The number of hydrogen-bond donors (Lipinski definition) is 1. The highest BCUT2D eigenvalue weighted by atomic mass is 32.1. The molecule has 1 heterocycles. The van der Waals surface area contributed by atoms with Gasteiger partial charge in [0.15, 0.2) is 11.5 Å². The monoisotopic (exact) mass is 520 g/mol. The van der Waals surface area contributed by atoms with Gasteiger partial charge in [0.2, 0.25) is 0 Å². The van der Waals surface area contributed by atoms with Crippen molar-refractivity contribution >= 4 is 44.9 Å². The van der Waals surface area contributed by atoms with Crippen molar-refractivity contribution in [2.75, 3.05) is 6.61 Å². The van der Waals surface area contributed by atoms with Gasteiger partial charge in [-0.2, -0.15) is 5.10 Å². The predicted molar refractivity (Wildman–Crippen MR) is 139 cm³/mol. The smallest absolute Gasteiger partial charge is 0.281 e. The number of amides is 1. The summed E-state index contributed by atoms with van der Waals surface area (Å²) in [6, 6.07) is 17.3. The van der Waals surface area contributed by atoms with Crippen LogP contribution < -0.4 is 14.9 Å². The maximum Gasteiger partial charge on any atom is 0.281 e. The van der Waals surface area contributed by atoms with E-state index in [1.54, 1.807) is 42.5 Å². The average Bonchev–Trinajstić information content (AvgIpc) is 3.32. The fraction of sp³-hybridized carbons (Fsp3) is 0.120. The minimum Gasteiger partial charge on any atom is -0.490 e. The quantitative estimate of drug-likeness (QED) is 0.166. The van der Waals surface area contributed by atoms with Gasteiger partial charge in [-0.3, -0.25) is 25.0 Å². The van der Waals surface area contributed by atoms with E-state index in [0.717, 1.165) is 4.70 Å². The summed E-state index contributed by atoms with van der Waals surface area (Å²) in [7, 11) is 0. The molecule has 0 aliphatic heterocycles. The molecule has 0 spiro atoms. The van der Waals surface area contributed by atoms with Gasteiger partial charge in [0, 0.05) is 34.4 Å². The first-order valence-electron chi connectivity index (χ1n) is 11.0. The summed E-state index contributed by atoms with van der Waals surface area (Å²) in [5.74, 6) is 0.463. The lowest BCUT2D eigenvalue weighted by atomic mass is 10.2. The second-order valence-corrected chi connectivity index (χ2v) is 8.73. The molecule has 1 aromatic heterocycles. The minimum absolute atomic E-state index is 0.0169. The Morgan fingerprint density at radius 3 is 2.51 bits per heavy atom. The molecule has 3 aromatic carbocycles. The summed E-state index contributed by atoms with van der Waals surface area (Å²) < 4.78 is 12.2. The molecule has 11 nitrogen and oxygen atoms in total. The number of hydrogen-bond acceptors (Lipinski definition) is 9. The van der Waals surface area contributed by atoms with Crippen LogP contribution in [0, 0.1) is 20.2 Å². The molecule has 0 aliphatic carbocycles. The largest absolute Gasteiger partial charge is 0.490 e. The van der Waals surface area contributed by atoms with Crippen LogP contribution in [0.3, 0.4) is 0 Å². The number of thiophene rings is 1. The van der Waals surface area contributed by atoms with Crippen molar-refractivity contribution in [2.45, 2.75) is 13.5 Å². The van der Waals surface area contributed by atoms with Crippen LogP contribution >= 0.6 is 11.3 Å². The SMILES string of the molecule is CCOc1cc(/C=N\NC(=O)c2cc3cc([N+](=O)[O-])ccc3s2)ccc1OCc1cccc([N+](=O)[O-])c1. The average molecular weight is 521 g/mol. The number of carbonyl (C=O) groups is 1. The first-order chi connectivity index (χ1) is 17.8. The van der Waals surface area contributed by atoms with Gasteiger partial charge in [0.05, 0.1) is 27.5 Å². The summed E-state index contributed by atoms with van der Waals surface area (Å²) >= 11 is 1.21. The Balaban J connectivity index is 1.42. The van der Waals surface area contributed by atoms with Gasteiger partial charge in [-0.25, -0.2) is 5.43 Å². The van der Waals surface area contributed by atoms with Gasteiger partial charge >= 0.3 is 0 Å². The summed E-state index contributed by atoms with van der Waals surface area (Å²) in [5, 5.41) is 26.5. The lowest BCUT2D eigenvalue weighted by Crippen LogP contribution is -2.16. The normalized spacial score (nSPS) is 10.9. The molecule has 0 saturated heterocycles. The Morgan fingerprint density at radius 1 is 0.973 bits per heavy atom. The van der Waals surface area contributed by atoms with E-state index in [-0.39, 0.29) is 18.0 Å². The predicted octanol–water partition coefficient (Wildman–Crippen LogP) is 5.46. The van der Waals surface area contributed by atoms with E-state index < -0.39 is 15.8 Å². The maximum atomic E-state index is 12.5. The molecule has 0 radical (unpaired) electrons. The molecule has 4 rings (SSSR count). The molecule has 0 saturated carbocycles. The van der Waals surface area contributed by atoms with Crippen LogP contribution in [0.1, 0.15) is 27.7 Å². The van der Waals surface area contributed by atoms with Crippen molar-refractivity contribution in [3.05, 3.63) is 103 Å². The fourth-order valence-electron chi connectivity index (χ4n) is 3.39. The lowest BCUT2D eigenvalue weighted by Gasteiger charge is -2.12. The van der Waals surface area contributed by atoms with Gasteiger partial charge in [-0.1, -0.05) is 12.1 Å². The Labute approximate surface area is 214 Å². The van der Waals surface area contributed by atoms with Gasteiger partial charge < -0.3 is 9.47 Å². The zero-order chi connectivity index (χ0) is 26.4. The molecular weight excluding hydrogens is 500 g/mol. The molecule has 37 heavy (non-hydrogen) atoms. The number of hydrazone groups is 1. The number of fused-ring (bicyclic) bond motifs is 1. The molecule has 12 heteroatoms. The number of nitrogens with zero attached hydrogens (tertiary/aromatic N) is 3. The molecule has 188 valence electrons. The highest BCUT2D eigenvalue weighted by molar-refractivity contribution is 7.20. The van der Waals surface area contributed by atoms with Crippen molar-refractivity contribution in [3.8, 4) is 11.5 Å². The Hall–Kier alpha value is -4.84. The van der Waals surface area contributed by atoms with Crippen molar-refractivity contribution in [2.24, 2.45) is 5.10 Å². The number of nitro benzene ring substituents is 2. The van der Waals surface area contributed by atoms with Crippen LogP contribution in [0.5, 0.6) is 11.5 Å². The van der Waals surface area contributed by atoms with Crippen LogP contribution in [-0.2, 0) is 6.61 Å². The molecule has 0 fully saturated rings. The first kappa shape index (κ1) is 25.3. The number of ether oxygens (including phenoxy) is 2. The van der Waals surface area contributed by atoms with Gasteiger partial charge in [-0.15, -0.1) is 11.3 Å². The molecule has 4 aromatic rings. The third-order valence-electron chi connectivity index (χ3n) is 5.10. The van der Waals surface area contributed by atoms with Crippen LogP contribution in [-0.4, -0.2) is 28.6 Å². The van der Waals surface area contributed by atoms with Gasteiger partial charge in [0.1, 0.15) is 6.61 Å². The zero-order valence-corrected chi connectivity index (χ0v) is 20.3. The summed E-state index contributed by atoms with van der Waals surface area (Å²) in [4.78, 5) is 33.8. The van der Waals surface area contributed by atoms with Crippen molar-refractivity contribution < 1.29 is 24.1 Å². The summed E-state index contributed by atoms with van der Waals surface area (Å²) in [5.41, 5.74) is 3.67. The molecule has 1 amide bonds. The first-order valence-corrected chi connectivity index (χ1v) is 11.8. The standard InChI is InChI=1S/C25H20N4O7S/c1-2-35-22-11-16(6-8-21(22)36-15-17-4-3-5-19(10-17)28(31)32)14-26-27-25(30)24-13-18-12-20(29(33)34)7-9-23(18)37-24/h3-14H,2,15H2,1H3,(H,27,30)/b26-14-. The van der Waals surface area contributed by atoms with Crippen LogP contribution in [0.25, 0.3) is 10.1 Å². The second kappa shape index (κ2) is 11.3. The maximum absolute atomic E-state index is 12.5. The van der Waals surface area contributed by atoms with Gasteiger partial charge in [-0.05, 0) is 48.4 Å². The third kappa shape index (κ3) is 6.24. The molecule has 0 bridgehead atoms. The number of non-ortho nitro benzene ring substituents is 2. The minimum atomic E-state index is -0.484. The number of nitro groups is 2. The zero-order valence-electron chi connectivity index (χ0n) is 19.5. The lowest BCUT2D eigenvalue weighted by molar-refractivity contribution is -0.385. The van der Waals surface area contributed by atoms with E-state index in [2.05, 4.69) is 10.5 Å². The molecule has 0 unspecified atom stereocenters. The van der Waals surface area contributed by atoms with Crippen molar-refractivity contribution in [1.82, 2.24) is 5.43 Å². The second-order valence-electron chi connectivity index (χ2n) is 7.64. The van der Waals surface area contributed by atoms with E-state index in [1.165, 1.54) is 41.8 Å². The van der Waals surface area contributed by atoms with Crippen LogP contribution in [0.4, 0.5) is 11.4 Å². The van der Waals surface area contributed by atoms with Crippen LogP contribution in [0.2, 0.25) is 0 Å². The van der Waals surface area contributed by atoms with Gasteiger partial charge in [0.25, 0.3) is 17.3 Å². The van der Waals surface area contributed by atoms with E-state index >= 15 is 0 Å². The van der Waals surface area contributed by atoms with E-state index in [1.807, 2.05) is 6.92 Å². The third-order valence-corrected chi connectivity index (χ3v) is 6.21. The van der Waals surface area contributed by atoms with E-state index in [4.69, 9.17) is 9.47 Å². The van der Waals surface area contributed by atoms with E-state index in [9.17, 15) is 25.0 Å². The number of benzene rings is 3. The fourth-order valence-corrected chi connectivity index (χ4v) is 4.32. The summed E-state index contributed by atoms with van der Waals surface area (Å²) in [6.45, 7) is 2.32. The number of nitrogens with one attached hydrogen (secondary N) is 1. The van der Waals surface area contributed by atoms with Crippen molar-refractivity contribution in [3.63, 3.8) is 0 Å². The van der Waals surface area contributed by atoms with E-state index in [0.29, 0.717) is 39.5 Å². The molecular formula is C25H20N4O7S. The molecule has 0 aliphatic rings. The topological polar surface area (TPSA) is 146 Å². The number of rotatable bonds is 10. The molecule has 1 N–H and O–H groups in total. The Bertz CT molecular complexity index is 1520.